The zero-order valence-corrected chi connectivity index (χ0v) is 9.30. The lowest BCUT2D eigenvalue weighted by Crippen LogP contribution is -1.99. The van der Waals surface area contributed by atoms with E-state index in [4.69, 9.17) is 16.0 Å². The summed E-state index contributed by atoms with van der Waals surface area (Å²) in [6.45, 7) is 0. The molecule has 2 rings (SSSR count). The van der Waals surface area contributed by atoms with Crippen LogP contribution in [0.2, 0.25) is 0 Å². The van der Waals surface area contributed by atoms with Gasteiger partial charge in [-0.15, -0.1) is 11.6 Å². The van der Waals surface area contributed by atoms with Crippen LogP contribution in [-0.2, 0) is 0 Å². The smallest absolute Gasteiger partial charge is 0.265 e. The van der Waals surface area contributed by atoms with Gasteiger partial charge in [-0.05, 0) is 28.1 Å². The van der Waals surface area contributed by atoms with Crippen LogP contribution >= 0.6 is 27.5 Å². The summed E-state index contributed by atoms with van der Waals surface area (Å²) < 4.78 is 6.02. The highest BCUT2D eigenvalue weighted by atomic mass is 79.9. The molecule has 5 heteroatoms. The summed E-state index contributed by atoms with van der Waals surface area (Å²) in [5, 5.41) is 0. The van der Waals surface area contributed by atoms with Gasteiger partial charge in [0.1, 0.15) is 5.52 Å². The third-order valence-electron chi connectivity index (χ3n) is 1.73. The number of para-hydroxylation sites is 1. The van der Waals surface area contributed by atoms with E-state index in [2.05, 4.69) is 20.9 Å². The third kappa shape index (κ3) is 1.55. The van der Waals surface area contributed by atoms with E-state index in [9.17, 15) is 4.79 Å². The van der Waals surface area contributed by atoms with Crippen molar-refractivity contribution in [2.45, 2.75) is 0 Å². The van der Waals surface area contributed by atoms with Gasteiger partial charge in [-0.3, -0.25) is 4.79 Å². The van der Waals surface area contributed by atoms with Crippen molar-refractivity contribution in [3.05, 3.63) is 28.6 Å². The second-order valence-electron chi connectivity index (χ2n) is 2.66. The molecule has 0 unspecified atom stereocenters. The molecule has 0 radical (unpaired) electrons. The predicted octanol–water partition coefficient (Wildman–Crippen LogP) is 3.01. The molecule has 0 saturated heterocycles. The maximum Gasteiger partial charge on any atom is 0.265 e. The average molecular weight is 275 g/mol. The van der Waals surface area contributed by atoms with Crippen LogP contribution in [0.1, 0.15) is 10.7 Å². The minimum atomic E-state index is -0.310. The molecular weight excluding hydrogens is 269 g/mol. The zero-order chi connectivity index (χ0) is 10.1. The Morgan fingerprint density at radius 1 is 1.57 bits per heavy atom. The fourth-order valence-corrected chi connectivity index (χ4v) is 1.64. The van der Waals surface area contributed by atoms with Gasteiger partial charge < -0.3 is 4.42 Å². The van der Waals surface area contributed by atoms with Gasteiger partial charge in [0.05, 0.1) is 5.88 Å². The third-order valence-corrected chi connectivity index (χ3v) is 2.61. The maximum absolute atomic E-state index is 11.2. The normalized spacial score (nSPS) is 10.7. The molecule has 0 N–H and O–H groups in total. The molecule has 14 heavy (non-hydrogen) atoms. The Morgan fingerprint density at radius 3 is 3.00 bits per heavy atom. The number of Topliss-reactive ketones (excluding diaryl/α,β-unsaturated/α-hetero) is 1. The number of halogens is 2. The van der Waals surface area contributed by atoms with Gasteiger partial charge in [-0.25, -0.2) is 4.98 Å². The van der Waals surface area contributed by atoms with Gasteiger partial charge in [0.25, 0.3) is 5.89 Å². The number of hydrogen-bond acceptors (Lipinski definition) is 3. The number of aromatic nitrogens is 1. The van der Waals surface area contributed by atoms with E-state index < -0.39 is 0 Å². The van der Waals surface area contributed by atoms with E-state index in [1.54, 1.807) is 6.07 Å². The fourth-order valence-electron chi connectivity index (χ4n) is 1.09. The molecular formula is C9H5BrClNO2. The Bertz CT molecular complexity index is 495. The van der Waals surface area contributed by atoms with Crippen LogP contribution in [-0.4, -0.2) is 16.6 Å². The monoisotopic (exact) mass is 273 g/mol. The molecule has 72 valence electrons. The van der Waals surface area contributed by atoms with Crippen LogP contribution in [0, 0.1) is 0 Å². The van der Waals surface area contributed by atoms with Crippen LogP contribution in [0.5, 0.6) is 0 Å². The largest absolute Gasteiger partial charge is 0.434 e. The SMILES string of the molecule is O=C(CCl)c1nc2c(Br)cccc2o1. The van der Waals surface area contributed by atoms with Crippen LogP contribution in [0.15, 0.2) is 27.1 Å². The molecule has 0 fully saturated rings. The van der Waals surface area contributed by atoms with E-state index in [0.717, 1.165) is 4.47 Å². The van der Waals surface area contributed by atoms with Crippen molar-refractivity contribution >= 4 is 44.4 Å². The molecule has 0 spiro atoms. The fraction of sp³-hybridized carbons (Fsp3) is 0.111. The molecule has 1 aromatic heterocycles. The molecule has 1 heterocycles. The summed E-state index contributed by atoms with van der Waals surface area (Å²) in [6.07, 6.45) is 0. The topological polar surface area (TPSA) is 43.1 Å². The van der Waals surface area contributed by atoms with Gasteiger partial charge in [0.15, 0.2) is 5.58 Å². The van der Waals surface area contributed by atoms with E-state index in [-0.39, 0.29) is 17.6 Å². The lowest BCUT2D eigenvalue weighted by atomic mass is 10.3. The van der Waals surface area contributed by atoms with E-state index in [0.29, 0.717) is 11.1 Å². The first-order valence-corrected chi connectivity index (χ1v) is 5.19. The number of carbonyl (C=O) groups is 1. The molecule has 2 aromatic rings. The first-order chi connectivity index (χ1) is 6.72. The lowest BCUT2D eigenvalue weighted by Gasteiger charge is -1.86. The van der Waals surface area contributed by atoms with Gasteiger partial charge >= 0.3 is 0 Å². The number of nitrogens with zero attached hydrogens (tertiary/aromatic N) is 1. The first kappa shape index (κ1) is 9.68. The predicted molar refractivity (Wildman–Crippen MR) is 56.8 cm³/mol. The highest BCUT2D eigenvalue weighted by Gasteiger charge is 2.14. The Kier molecular flexibility index (Phi) is 2.56. The molecule has 0 amide bonds. The second kappa shape index (κ2) is 3.71. The number of rotatable bonds is 2. The standard InChI is InChI=1S/C9H5BrClNO2/c10-5-2-1-3-7-8(5)12-9(14-7)6(13)4-11/h1-3H,4H2. The van der Waals surface area contributed by atoms with Gasteiger partial charge in [0.2, 0.25) is 5.78 Å². The van der Waals surface area contributed by atoms with Crippen LogP contribution < -0.4 is 0 Å². The second-order valence-corrected chi connectivity index (χ2v) is 3.78. The number of hydrogen-bond donors (Lipinski definition) is 0. The van der Waals surface area contributed by atoms with Crippen molar-refractivity contribution < 1.29 is 9.21 Å². The summed E-state index contributed by atoms with van der Waals surface area (Å²) in [6, 6.07) is 5.39. The van der Waals surface area contributed by atoms with Gasteiger partial charge in [-0.1, -0.05) is 6.07 Å². The molecule has 0 aliphatic heterocycles. The highest BCUT2D eigenvalue weighted by Crippen LogP contribution is 2.23. The molecule has 0 bridgehead atoms. The number of oxazole rings is 1. The van der Waals surface area contributed by atoms with E-state index >= 15 is 0 Å². The minimum absolute atomic E-state index is 0.0573. The molecule has 3 nitrogen and oxygen atoms in total. The molecule has 0 saturated carbocycles. The summed E-state index contributed by atoms with van der Waals surface area (Å²) in [4.78, 5) is 15.2. The summed E-state index contributed by atoms with van der Waals surface area (Å²) in [7, 11) is 0. The van der Waals surface area contributed by atoms with Crippen LogP contribution in [0.25, 0.3) is 11.1 Å². The van der Waals surface area contributed by atoms with Crippen molar-refractivity contribution in [2.75, 3.05) is 5.88 Å². The zero-order valence-electron chi connectivity index (χ0n) is 6.96. The van der Waals surface area contributed by atoms with E-state index in [1.165, 1.54) is 0 Å². The summed E-state index contributed by atoms with van der Waals surface area (Å²) in [5.74, 6) is -0.374. The summed E-state index contributed by atoms with van der Waals surface area (Å²) in [5.41, 5.74) is 1.22. The Hall–Kier alpha value is -0.870. The maximum atomic E-state index is 11.2. The Labute approximate surface area is 93.2 Å². The number of ketones is 1. The van der Waals surface area contributed by atoms with Crippen molar-refractivity contribution in [1.82, 2.24) is 4.98 Å². The number of fused-ring (bicyclic) bond motifs is 1. The molecule has 0 aliphatic rings. The highest BCUT2D eigenvalue weighted by molar-refractivity contribution is 9.10. The lowest BCUT2D eigenvalue weighted by molar-refractivity contribution is 0.0986. The number of benzene rings is 1. The van der Waals surface area contributed by atoms with Crippen LogP contribution in [0.3, 0.4) is 0 Å². The average Bonchev–Trinajstić information content (AvgIpc) is 2.62. The van der Waals surface area contributed by atoms with Crippen molar-refractivity contribution in [3.8, 4) is 0 Å². The number of alkyl halides is 1. The molecule has 0 atom stereocenters. The first-order valence-electron chi connectivity index (χ1n) is 3.86. The number of carbonyl (C=O) groups excluding carboxylic acids is 1. The van der Waals surface area contributed by atoms with Crippen LogP contribution in [0.4, 0.5) is 0 Å². The van der Waals surface area contributed by atoms with Crippen molar-refractivity contribution in [3.63, 3.8) is 0 Å². The van der Waals surface area contributed by atoms with Gasteiger partial charge in [0, 0.05) is 4.47 Å². The minimum Gasteiger partial charge on any atom is -0.434 e. The van der Waals surface area contributed by atoms with Gasteiger partial charge in [-0.2, -0.15) is 0 Å². The van der Waals surface area contributed by atoms with Crippen molar-refractivity contribution in [1.29, 1.82) is 0 Å². The molecule has 1 aromatic carbocycles. The summed E-state index contributed by atoms with van der Waals surface area (Å²) >= 11 is 8.71. The Balaban J connectivity index is 2.62. The van der Waals surface area contributed by atoms with E-state index in [1.807, 2.05) is 12.1 Å². The molecule has 0 aliphatic carbocycles. The quantitative estimate of drug-likeness (QED) is 0.624. The van der Waals surface area contributed by atoms with Crippen molar-refractivity contribution in [2.24, 2.45) is 0 Å². The Morgan fingerprint density at radius 2 is 2.36 bits per heavy atom.